The van der Waals surface area contributed by atoms with Gasteiger partial charge in [-0.2, -0.15) is 0 Å². The molecule has 1 aromatic carbocycles. The lowest BCUT2D eigenvalue weighted by atomic mass is 9.97. The molecule has 1 aromatic rings. The van der Waals surface area contributed by atoms with Crippen LogP contribution in [0.5, 0.6) is 11.5 Å². The fourth-order valence-electron chi connectivity index (χ4n) is 3.66. The number of fused-ring (bicyclic) bond motifs is 1. The summed E-state index contributed by atoms with van der Waals surface area (Å²) in [5.74, 6) is 1.60. The Kier molecular flexibility index (Phi) is 4.66. The van der Waals surface area contributed by atoms with Gasteiger partial charge in [-0.1, -0.05) is 6.07 Å². The summed E-state index contributed by atoms with van der Waals surface area (Å²) >= 11 is 0. The fraction of sp³-hybridized carbons (Fsp3) is 0.647. The third-order valence-corrected chi connectivity index (χ3v) is 4.86. The number of hydrogen-bond donors (Lipinski definition) is 1. The zero-order valence-electron chi connectivity index (χ0n) is 13.1. The minimum absolute atomic E-state index is 0.650. The predicted octanol–water partition coefficient (Wildman–Crippen LogP) is 2.42. The van der Waals surface area contributed by atoms with Crippen molar-refractivity contribution in [3.05, 3.63) is 23.8 Å². The number of methoxy groups -OCH3 is 2. The average Bonchev–Trinajstić information content (AvgIpc) is 3.00. The largest absolute Gasteiger partial charge is 0.493 e. The van der Waals surface area contributed by atoms with Crippen LogP contribution in [0.3, 0.4) is 0 Å². The highest BCUT2D eigenvalue weighted by Crippen LogP contribution is 2.29. The Morgan fingerprint density at radius 1 is 1.14 bits per heavy atom. The molecule has 0 spiro atoms. The van der Waals surface area contributed by atoms with E-state index in [0.29, 0.717) is 6.04 Å². The normalized spacial score (nSPS) is 25.6. The lowest BCUT2D eigenvalue weighted by Gasteiger charge is -2.35. The van der Waals surface area contributed by atoms with Crippen LogP contribution in [0, 0.1) is 0 Å². The van der Waals surface area contributed by atoms with E-state index >= 15 is 0 Å². The first-order valence-corrected chi connectivity index (χ1v) is 7.98. The molecule has 4 nitrogen and oxygen atoms in total. The van der Waals surface area contributed by atoms with Gasteiger partial charge in [0.25, 0.3) is 0 Å². The summed E-state index contributed by atoms with van der Waals surface area (Å²) in [5.41, 5.74) is 1.25. The van der Waals surface area contributed by atoms with E-state index < -0.39 is 0 Å². The molecular weight excluding hydrogens is 264 g/mol. The molecule has 0 radical (unpaired) electrons. The summed E-state index contributed by atoms with van der Waals surface area (Å²) in [6, 6.07) is 7.63. The summed E-state index contributed by atoms with van der Waals surface area (Å²) in [6.45, 7) is 3.47. The Bertz CT molecular complexity index is 478. The van der Waals surface area contributed by atoms with E-state index in [1.165, 1.54) is 44.3 Å². The van der Waals surface area contributed by atoms with E-state index in [1.54, 1.807) is 14.2 Å². The quantitative estimate of drug-likeness (QED) is 0.903. The van der Waals surface area contributed by atoms with Crippen LogP contribution in [0.25, 0.3) is 0 Å². The maximum atomic E-state index is 5.37. The second-order valence-electron chi connectivity index (χ2n) is 6.12. The van der Waals surface area contributed by atoms with Crippen molar-refractivity contribution in [2.24, 2.45) is 0 Å². The van der Waals surface area contributed by atoms with Crippen molar-refractivity contribution in [3.63, 3.8) is 0 Å². The molecule has 0 amide bonds. The molecule has 0 saturated carbocycles. The second-order valence-corrected chi connectivity index (χ2v) is 6.12. The van der Waals surface area contributed by atoms with Gasteiger partial charge >= 0.3 is 0 Å². The Morgan fingerprint density at radius 3 is 2.81 bits per heavy atom. The highest BCUT2D eigenvalue weighted by Gasteiger charge is 2.31. The van der Waals surface area contributed by atoms with Crippen LogP contribution in [0.4, 0.5) is 0 Å². The van der Waals surface area contributed by atoms with E-state index in [-0.39, 0.29) is 0 Å². The number of rotatable bonds is 5. The van der Waals surface area contributed by atoms with Crippen LogP contribution in [0.1, 0.15) is 31.2 Å². The fourth-order valence-corrected chi connectivity index (χ4v) is 3.66. The molecule has 2 atom stereocenters. The highest BCUT2D eigenvalue weighted by molar-refractivity contribution is 5.42. The molecule has 2 aliphatic heterocycles. The molecule has 0 aliphatic carbocycles. The summed E-state index contributed by atoms with van der Waals surface area (Å²) in [4.78, 5) is 2.66. The molecule has 2 unspecified atom stereocenters. The average molecular weight is 290 g/mol. The predicted molar refractivity (Wildman–Crippen MR) is 84.0 cm³/mol. The molecule has 2 saturated heterocycles. The molecule has 2 aliphatic rings. The van der Waals surface area contributed by atoms with Gasteiger partial charge in [-0.3, -0.25) is 0 Å². The topological polar surface area (TPSA) is 33.7 Å². The van der Waals surface area contributed by atoms with Gasteiger partial charge in [-0.15, -0.1) is 0 Å². The standard InChI is InChI=1S/C17H26N2O2/c1-20-16-6-5-13(10-17(16)21-2)12-18-14-7-9-19-8-3-4-15(19)11-14/h5-6,10,14-15,18H,3-4,7-9,11-12H2,1-2H3. The number of piperidine rings is 1. The molecule has 21 heavy (non-hydrogen) atoms. The van der Waals surface area contributed by atoms with E-state index in [1.807, 2.05) is 6.07 Å². The van der Waals surface area contributed by atoms with Crippen LogP contribution >= 0.6 is 0 Å². The Balaban J connectivity index is 1.55. The third kappa shape index (κ3) is 3.33. The lowest BCUT2D eigenvalue weighted by molar-refractivity contribution is 0.166. The highest BCUT2D eigenvalue weighted by atomic mass is 16.5. The molecule has 1 N–H and O–H groups in total. The van der Waals surface area contributed by atoms with Crippen LogP contribution in [-0.4, -0.2) is 44.3 Å². The zero-order valence-corrected chi connectivity index (χ0v) is 13.1. The van der Waals surface area contributed by atoms with Gasteiger partial charge in [0.05, 0.1) is 14.2 Å². The summed E-state index contributed by atoms with van der Waals surface area (Å²) in [6.07, 6.45) is 5.33. The van der Waals surface area contributed by atoms with Gasteiger partial charge in [0.1, 0.15) is 0 Å². The van der Waals surface area contributed by atoms with Crippen molar-refractivity contribution in [3.8, 4) is 11.5 Å². The van der Waals surface area contributed by atoms with Gasteiger partial charge in [0, 0.05) is 18.6 Å². The van der Waals surface area contributed by atoms with Gasteiger partial charge in [0.15, 0.2) is 11.5 Å². The van der Waals surface area contributed by atoms with Gasteiger partial charge in [-0.25, -0.2) is 0 Å². The number of nitrogens with zero attached hydrogens (tertiary/aromatic N) is 1. The van der Waals surface area contributed by atoms with Crippen molar-refractivity contribution in [2.75, 3.05) is 27.3 Å². The Morgan fingerprint density at radius 2 is 2.00 bits per heavy atom. The summed E-state index contributed by atoms with van der Waals surface area (Å²) in [7, 11) is 3.36. The van der Waals surface area contributed by atoms with Crippen LogP contribution in [0.15, 0.2) is 18.2 Å². The van der Waals surface area contributed by atoms with Crippen LogP contribution in [0.2, 0.25) is 0 Å². The summed E-state index contributed by atoms with van der Waals surface area (Å²) in [5, 5.41) is 3.72. The minimum Gasteiger partial charge on any atom is -0.493 e. The van der Waals surface area contributed by atoms with Crippen LogP contribution in [-0.2, 0) is 6.54 Å². The second kappa shape index (κ2) is 6.67. The van der Waals surface area contributed by atoms with Crippen molar-refractivity contribution in [1.82, 2.24) is 10.2 Å². The van der Waals surface area contributed by atoms with Crippen molar-refractivity contribution in [2.45, 2.75) is 44.3 Å². The maximum Gasteiger partial charge on any atom is 0.161 e. The smallest absolute Gasteiger partial charge is 0.161 e. The SMILES string of the molecule is COc1ccc(CNC2CCN3CCCC3C2)cc1OC. The number of hydrogen-bond acceptors (Lipinski definition) is 4. The molecule has 2 heterocycles. The Labute approximate surface area is 127 Å². The van der Waals surface area contributed by atoms with E-state index in [2.05, 4.69) is 22.3 Å². The third-order valence-electron chi connectivity index (χ3n) is 4.86. The molecule has 0 aromatic heterocycles. The molecule has 3 rings (SSSR count). The number of benzene rings is 1. The van der Waals surface area contributed by atoms with Crippen molar-refractivity contribution >= 4 is 0 Å². The first-order valence-electron chi connectivity index (χ1n) is 7.98. The molecule has 2 fully saturated rings. The maximum absolute atomic E-state index is 5.37. The number of nitrogens with one attached hydrogen (secondary N) is 1. The molecule has 116 valence electrons. The first kappa shape index (κ1) is 14.7. The van der Waals surface area contributed by atoms with Crippen LogP contribution < -0.4 is 14.8 Å². The minimum atomic E-state index is 0.650. The Hall–Kier alpha value is -1.26. The molecule has 4 heteroatoms. The van der Waals surface area contributed by atoms with Gasteiger partial charge in [0.2, 0.25) is 0 Å². The monoisotopic (exact) mass is 290 g/mol. The van der Waals surface area contributed by atoms with Gasteiger partial charge < -0.3 is 19.7 Å². The molecule has 0 bridgehead atoms. The van der Waals surface area contributed by atoms with Crippen molar-refractivity contribution in [1.29, 1.82) is 0 Å². The van der Waals surface area contributed by atoms with E-state index in [9.17, 15) is 0 Å². The molecular formula is C17H26N2O2. The van der Waals surface area contributed by atoms with Gasteiger partial charge in [-0.05, 0) is 56.5 Å². The van der Waals surface area contributed by atoms with E-state index in [4.69, 9.17) is 9.47 Å². The number of ether oxygens (including phenoxy) is 2. The van der Waals surface area contributed by atoms with E-state index in [0.717, 1.165) is 24.1 Å². The zero-order chi connectivity index (χ0) is 14.7. The first-order chi connectivity index (χ1) is 10.3. The van der Waals surface area contributed by atoms with Crippen molar-refractivity contribution < 1.29 is 9.47 Å². The lowest BCUT2D eigenvalue weighted by Crippen LogP contribution is -2.45. The summed E-state index contributed by atoms with van der Waals surface area (Å²) < 4.78 is 10.6.